The van der Waals surface area contributed by atoms with E-state index in [-0.39, 0.29) is 0 Å². The highest BCUT2D eigenvalue weighted by Crippen LogP contribution is 2.30. The summed E-state index contributed by atoms with van der Waals surface area (Å²) in [5.74, 6) is 1.94. The predicted octanol–water partition coefficient (Wildman–Crippen LogP) is 4.85. The maximum absolute atomic E-state index is 6.15. The lowest BCUT2D eigenvalue weighted by molar-refractivity contribution is 0.134. The summed E-state index contributed by atoms with van der Waals surface area (Å²) in [6.45, 7) is 4.46. The molecule has 0 aliphatic heterocycles. The third kappa shape index (κ3) is 3.48. The number of benzene rings is 1. The van der Waals surface area contributed by atoms with E-state index < -0.39 is 0 Å². The van der Waals surface area contributed by atoms with E-state index in [0.29, 0.717) is 6.10 Å². The monoisotopic (exact) mass is 296 g/mol. The summed E-state index contributed by atoms with van der Waals surface area (Å²) >= 11 is 3.54. The number of alkyl halides is 1. The van der Waals surface area contributed by atoms with Gasteiger partial charge in [-0.3, -0.25) is 0 Å². The van der Waals surface area contributed by atoms with Crippen molar-refractivity contribution in [3.8, 4) is 5.75 Å². The van der Waals surface area contributed by atoms with E-state index >= 15 is 0 Å². The molecule has 0 bridgehead atoms. The minimum Gasteiger partial charge on any atom is -0.490 e. The zero-order valence-electron chi connectivity index (χ0n) is 10.7. The summed E-state index contributed by atoms with van der Waals surface area (Å²) in [5, 5.41) is 0.868. The SMILES string of the molecule is Cc1ccc(OC2CCC(C)CC2)c(CBr)c1. The Labute approximate surface area is 113 Å². The second-order valence-corrected chi connectivity index (χ2v) is 5.81. The summed E-state index contributed by atoms with van der Waals surface area (Å²) in [6, 6.07) is 6.45. The van der Waals surface area contributed by atoms with E-state index in [2.05, 4.69) is 48.0 Å². The molecule has 0 N–H and O–H groups in total. The molecule has 1 fully saturated rings. The van der Waals surface area contributed by atoms with Gasteiger partial charge >= 0.3 is 0 Å². The summed E-state index contributed by atoms with van der Waals surface area (Å²) in [7, 11) is 0. The van der Waals surface area contributed by atoms with Gasteiger partial charge in [0.25, 0.3) is 0 Å². The van der Waals surface area contributed by atoms with Crippen LogP contribution in [0.3, 0.4) is 0 Å². The molecule has 1 aliphatic rings. The Kier molecular flexibility index (Phi) is 4.49. The molecule has 0 aromatic heterocycles. The van der Waals surface area contributed by atoms with Gasteiger partial charge in [0.05, 0.1) is 6.10 Å². The Morgan fingerprint density at radius 2 is 1.94 bits per heavy atom. The van der Waals surface area contributed by atoms with E-state index in [1.165, 1.54) is 36.8 Å². The maximum Gasteiger partial charge on any atom is 0.123 e. The Balaban J connectivity index is 2.03. The van der Waals surface area contributed by atoms with Crippen LogP contribution in [0.1, 0.15) is 43.7 Å². The molecule has 1 aliphatic carbocycles. The number of rotatable bonds is 3. The van der Waals surface area contributed by atoms with E-state index in [4.69, 9.17) is 4.74 Å². The van der Waals surface area contributed by atoms with E-state index in [1.807, 2.05) is 0 Å². The van der Waals surface area contributed by atoms with Crippen LogP contribution >= 0.6 is 15.9 Å². The molecule has 94 valence electrons. The average molecular weight is 297 g/mol. The molecule has 0 unspecified atom stereocenters. The molecule has 1 aromatic rings. The molecule has 2 heteroatoms. The molecule has 1 aromatic carbocycles. The number of hydrogen-bond acceptors (Lipinski definition) is 1. The zero-order valence-corrected chi connectivity index (χ0v) is 12.3. The molecule has 17 heavy (non-hydrogen) atoms. The van der Waals surface area contributed by atoms with Crippen LogP contribution < -0.4 is 4.74 Å². The van der Waals surface area contributed by atoms with Gasteiger partial charge in [0.1, 0.15) is 5.75 Å². The lowest BCUT2D eigenvalue weighted by atomic mass is 9.89. The topological polar surface area (TPSA) is 9.23 Å². The van der Waals surface area contributed by atoms with Crippen molar-refractivity contribution >= 4 is 15.9 Å². The first-order valence-electron chi connectivity index (χ1n) is 6.51. The second kappa shape index (κ2) is 5.90. The highest BCUT2D eigenvalue weighted by Gasteiger charge is 2.20. The minimum absolute atomic E-state index is 0.423. The van der Waals surface area contributed by atoms with Crippen molar-refractivity contribution in [3.63, 3.8) is 0 Å². The van der Waals surface area contributed by atoms with Crippen molar-refractivity contribution in [2.24, 2.45) is 5.92 Å². The van der Waals surface area contributed by atoms with Crippen LogP contribution in [-0.2, 0) is 5.33 Å². The van der Waals surface area contributed by atoms with Crippen molar-refractivity contribution in [1.29, 1.82) is 0 Å². The Hall–Kier alpha value is -0.500. The second-order valence-electron chi connectivity index (χ2n) is 5.24. The zero-order chi connectivity index (χ0) is 12.3. The molecule has 1 saturated carbocycles. The highest BCUT2D eigenvalue weighted by atomic mass is 79.9. The molecule has 0 amide bonds. The summed E-state index contributed by atoms with van der Waals surface area (Å²) in [5.41, 5.74) is 2.56. The van der Waals surface area contributed by atoms with Gasteiger partial charge in [-0.05, 0) is 44.6 Å². The molecule has 0 heterocycles. The number of aryl methyl sites for hydroxylation is 1. The van der Waals surface area contributed by atoms with Gasteiger partial charge in [-0.2, -0.15) is 0 Å². The number of ether oxygens (including phenoxy) is 1. The normalized spacial score (nSPS) is 24.6. The van der Waals surface area contributed by atoms with Crippen molar-refractivity contribution in [1.82, 2.24) is 0 Å². The highest BCUT2D eigenvalue weighted by molar-refractivity contribution is 9.08. The summed E-state index contributed by atoms with van der Waals surface area (Å²) in [6.07, 6.45) is 5.44. The number of hydrogen-bond donors (Lipinski definition) is 0. The third-order valence-electron chi connectivity index (χ3n) is 3.62. The summed E-state index contributed by atoms with van der Waals surface area (Å²) < 4.78 is 6.15. The maximum atomic E-state index is 6.15. The van der Waals surface area contributed by atoms with Gasteiger partial charge < -0.3 is 4.74 Å². The van der Waals surface area contributed by atoms with Gasteiger partial charge in [0, 0.05) is 10.9 Å². The van der Waals surface area contributed by atoms with Crippen LogP contribution in [0.25, 0.3) is 0 Å². The summed E-state index contributed by atoms with van der Waals surface area (Å²) in [4.78, 5) is 0. The quantitative estimate of drug-likeness (QED) is 0.725. The molecular formula is C15H21BrO. The third-order valence-corrected chi connectivity index (χ3v) is 4.22. The van der Waals surface area contributed by atoms with Gasteiger partial charge in [-0.15, -0.1) is 0 Å². The first kappa shape index (κ1) is 12.9. The molecule has 2 rings (SSSR count). The fourth-order valence-electron chi connectivity index (χ4n) is 2.45. The average Bonchev–Trinajstić information content (AvgIpc) is 2.34. The predicted molar refractivity (Wildman–Crippen MR) is 75.9 cm³/mol. The first-order chi connectivity index (χ1) is 8.19. The fraction of sp³-hybridized carbons (Fsp3) is 0.600. The molecule has 0 spiro atoms. The van der Waals surface area contributed by atoms with Crippen molar-refractivity contribution in [2.45, 2.75) is 51.0 Å². The van der Waals surface area contributed by atoms with Crippen LogP contribution in [-0.4, -0.2) is 6.10 Å². The van der Waals surface area contributed by atoms with E-state index in [1.54, 1.807) is 0 Å². The smallest absolute Gasteiger partial charge is 0.123 e. The first-order valence-corrected chi connectivity index (χ1v) is 7.63. The Morgan fingerprint density at radius 3 is 2.59 bits per heavy atom. The van der Waals surface area contributed by atoms with Crippen LogP contribution in [0, 0.1) is 12.8 Å². The molecule has 0 radical (unpaired) electrons. The van der Waals surface area contributed by atoms with Crippen LogP contribution in [0.15, 0.2) is 18.2 Å². The van der Waals surface area contributed by atoms with E-state index in [0.717, 1.165) is 17.0 Å². The molecule has 0 saturated heterocycles. The standard InChI is InChI=1S/C15H21BrO/c1-11-3-6-14(7-4-11)17-15-8-5-12(2)9-13(15)10-16/h5,8-9,11,14H,3-4,6-7,10H2,1-2H3. The van der Waals surface area contributed by atoms with Gasteiger partial charge in [-0.25, -0.2) is 0 Å². The molecular weight excluding hydrogens is 276 g/mol. The fourth-order valence-corrected chi connectivity index (χ4v) is 2.89. The van der Waals surface area contributed by atoms with Crippen molar-refractivity contribution in [2.75, 3.05) is 0 Å². The van der Waals surface area contributed by atoms with Crippen LogP contribution in [0.2, 0.25) is 0 Å². The molecule has 1 nitrogen and oxygen atoms in total. The van der Waals surface area contributed by atoms with Gasteiger partial charge in [0.2, 0.25) is 0 Å². The Morgan fingerprint density at radius 1 is 1.24 bits per heavy atom. The van der Waals surface area contributed by atoms with Crippen molar-refractivity contribution < 1.29 is 4.74 Å². The van der Waals surface area contributed by atoms with Gasteiger partial charge in [-0.1, -0.05) is 40.5 Å². The lowest BCUT2D eigenvalue weighted by Gasteiger charge is -2.27. The van der Waals surface area contributed by atoms with Crippen molar-refractivity contribution in [3.05, 3.63) is 29.3 Å². The van der Waals surface area contributed by atoms with Crippen LogP contribution in [0.5, 0.6) is 5.75 Å². The largest absolute Gasteiger partial charge is 0.490 e. The molecule has 0 atom stereocenters. The van der Waals surface area contributed by atoms with Gasteiger partial charge in [0.15, 0.2) is 0 Å². The Bertz CT molecular complexity index is 367. The van der Waals surface area contributed by atoms with E-state index in [9.17, 15) is 0 Å². The van der Waals surface area contributed by atoms with Crippen LogP contribution in [0.4, 0.5) is 0 Å². The lowest BCUT2D eigenvalue weighted by Crippen LogP contribution is -2.23. The number of halogens is 1. The minimum atomic E-state index is 0.423.